The number of amides is 1. The molecule has 2 heterocycles. The summed E-state index contributed by atoms with van der Waals surface area (Å²) in [6.07, 6.45) is 3.67. The van der Waals surface area contributed by atoms with Crippen LogP contribution < -0.4 is 10.1 Å². The number of rotatable bonds is 4. The van der Waals surface area contributed by atoms with Gasteiger partial charge in [-0.2, -0.15) is 0 Å². The zero-order valence-corrected chi connectivity index (χ0v) is 14.6. The van der Waals surface area contributed by atoms with E-state index in [0.717, 1.165) is 44.6 Å². The second kappa shape index (κ2) is 6.93. The van der Waals surface area contributed by atoms with E-state index in [4.69, 9.17) is 4.74 Å². The fourth-order valence-electron chi connectivity index (χ4n) is 3.86. The number of likely N-dealkylation sites (tertiary alicyclic amines) is 1. The molecule has 24 heavy (non-hydrogen) atoms. The maximum Gasteiger partial charge on any atom is 0.227 e. The first kappa shape index (κ1) is 17.0. The summed E-state index contributed by atoms with van der Waals surface area (Å²) in [6, 6.07) is 5.30. The van der Waals surface area contributed by atoms with Crippen molar-refractivity contribution in [2.75, 3.05) is 33.3 Å². The lowest BCUT2D eigenvalue weighted by atomic mass is 9.78. The van der Waals surface area contributed by atoms with Crippen molar-refractivity contribution in [3.63, 3.8) is 0 Å². The van der Waals surface area contributed by atoms with Crippen LogP contribution in [0.15, 0.2) is 18.2 Å². The quantitative estimate of drug-likeness (QED) is 0.859. The molecule has 2 aliphatic heterocycles. The molecule has 0 aliphatic carbocycles. The van der Waals surface area contributed by atoms with Gasteiger partial charge in [-0.1, -0.05) is 0 Å². The minimum Gasteiger partial charge on any atom is -0.496 e. The van der Waals surface area contributed by atoms with Crippen molar-refractivity contribution in [1.29, 1.82) is 0 Å². The standard InChI is InChI=1S/C19H26N2O3/c1-14(22)15-3-4-17(24-2)16(11-15)12-18(23)21-9-6-19(7-10-21)5-8-20-13-19/h3-4,11,20H,5-10,12-13H2,1-2H3. The van der Waals surface area contributed by atoms with Crippen molar-refractivity contribution in [2.24, 2.45) is 5.41 Å². The molecule has 5 heteroatoms. The predicted octanol–water partition coefficient (Wildman–Crippen LogP) is 2.04. The van der Waals surface area contributed by atoms with Crippen LogP contribution in [0.3, 0.4) is 0 Å². The number of ketones is 1. The first-order chi connectivity index (χ1) is 11.5. The number of nitrogens with one attached hydrogen (secondary N) is 1. The Balaban J connectivity index is 1.66. The number of Topliss-reactive ketones (excluding diaryl/α,β-unsaturated/α-hetero) is 1. The Morgan fingerprint density at radius 2 is 2.00 bits per heavy atom. The predicted molar refractivity (Wildman–Crippen MR) is 92.4 cm³/mol. The van der Waals surface area contributed by atoms with Crippen LogP contribution >= 0.6 is 0 Å². The van der Waals surface area contributed by atoms with Crippen LogP contribution in [0.4, 0.5) is 0 Å². The third-order valence-corrected chi connectivity index (χ3v) is 5.54. The molecule has 130 valence electrons. The summed E-state index contributed by atoms with van der Waals surface area (Å²) < 4.78 is 5.35. The van der Waals surface area contributed by atoms with Crippen molar-refractivity contribution < 1.29 is 14.3 Å². The first-order valence-electron chi connectivity index (χ1n) is 8.69. The minimum atomic E-state index is -0.000000229. The number of carbonyl (C=O) groups excluding carboxylic acids is 2. The van der Waals surface area contributed by atoms with E-state index < -0.39 is 0 Å². The summed E-state index contributed by atoms with van der Waals surface area (Å²) in [7, 11) is 1.59. The van der Waals surface area contributed by atoms with E-state index in [1.54, 1.807) is 25.3 Å². The highest BCUT2D eigenvalue weighted by Crippen LogP contribution is 2.37. The van der Waals surface area contributed by atoms with Gasteiger partial charge in [0.2, 0.25) is 5.91 Å². The summed E-state index contributed by atoms with van der Waals surface area (Å²) >= 11 is 0. The molecule has 5 nitrogen and oxygen atoms in total. The highest BCUT2D eigenvalue weighted by molar-refractivity contribution is 5.94. The minimum absolute atomic E-state index is 0.000000229. The van der Waals surface area contributed by atoms with E-state index in [0.29, 0.717) is 16.7 Å². The van der Waals surface area contributed by atoms with Crippen LogP contribution in [0.5, 0.6) is 5.75 Å². The van der Waals surface area contributed by atoms with Gasteiger partial charge in [0.05, 0.1) is 13.5 Å². The maximum absolute atomic E-state index is 12.7. The smallest absolute Gasteiger partial charge is 0.227 e. The van der Waals surface area contributed by atoms with Crippen molar-refractivity contribution in [1.82, 2.24) is 10.2 Å². The van der Waals surface area contributed by atoms with Gasteiger partial charge in [-0.3, -0.25) is 9.59 Å². The Morgan fingerprint density at radius 3 is 2.58 bits per heavy atom. The number of hydrogen-bond acceptors (Lipinski definition) is 4. The summed E-state index contributed by atoms with van der Waals surface area (Å²) in [4.78, 5) is 26.2. The number of piperidine rings is 1. The van der Waals surface area contributed by atoms with Crippen molar-refractivity contribution in [3.05, 3.63) is 29.3 Å². The summed E-state index contributed by atoms with van der Waals surface area (Å²) in [6.45, 7) is 5.38. The number of hydrogen-bond donors (Lipinski definition) is 1. The molecule has 0 saturated carbocycles. The fraction of sp³-hybridized carbons (Fsp3) is 0.579. The van der Waals surface area contributed by atoms with Crippen molar-refractivity contribution >= 4 is 11.7 Å². The van der Waals surface area contributed by atoms with Gasteiger partial charge in [-0.15, -0.1) is 0 Å². The van der Waals surface area contributed by atoms with E-state index in [1.165, 1.54) is 13.3 Å². The molecule has 0 radical (unpaired) electrons. The van der Waals surface area contributed by atoms with E-state index in [1.807, 2.05) is 4.90 Å². The number of nitrogens with zero attached hydrogens (tertiary/aromatic N) is 1. The van der Waals surface area contributed by atoms with E-state index in [-0.39, 0.29) is 18.1 Å². The molecule has 0 unspecified atom stereocenters. The Kier molecular flexibility index (Phi) is 4.90. The van der Waals surface area contributed by atoms with Crippen LogP contribution in [-0.4, -0.2) is 49.9 Å². The highest BCUT2D eigenvalue weighted by atomic mass is 16.5. The Labute approximate surface area is 143 Å². The van der Waals surface area contributed by atoms with Gasteiger partial charge < -0.3 is 15.0 Å². The van der Waals surface area contributed by atoms with E-state index in [2.05, 4.69) is 5.32 Å². The van der Waals surface area contributed by atoms with Crippen LogP contribution in [0.2, 0.25) is 0 Å². The lowest BCUT2D eigenvalue weighted by Gasteiger charge is -2.39. The van der Waals surface area contributed by atoms with Gasteiger partial charge in [0.1, 0.15) is 5.75 Å². The zero-order chi connectivity index (χ0) is 17.2. The molecular formula is C19H26N2O3. The Bertz CT molecular complexity index is 625. The normalized spacial score (nSPS) is 19.5. The lowest BCUT2D eigenvalue weighted by Crippen LogP contribution is -2.44. The molecule has 0 aromatic heterocycles. The largest absolute Gasteiger partial charge is 0.496 e. The molecule has 1 spiro atoms. The summed E-state index contributed by atoms with van der Waals surface area (Å²) in [5, 5.41) is 3.45. The van der Waals surface area contributed by atoms with Crippen molar-refractivity contribution in [2.45, 2.75) is 32.6 Å². The molecule has 0 bridgehead atoms. The highest BCUT2D eigenvalue weighted by Gasteiger charge is 2.38. The SMILES string of the molecule is COc1ccc(C(C)=O)cc1CC(=O)N1CCC2(CCNC2)CC1. The van der Waals surface area contributed by atoms with E-state index in [9.17, 15) is 9.59 Å². The van der Waals surface area contributed by atoms with E-state index >= 15 is 0 Å². The molecule has 2 fully saturated rings. The maximum atomic E-state index is 12.7. The van der Waals surface area contributed by atoms with Gasteiger partial charge in [-0.25, -0.2) is 0 Å². The average molecular weight is 330 g/mol. The molecule has 1 aromatic rings. The molecule has 3 rings (SSSR count). The average Bonchev–Trinajstić information content (AvgIpc) is 3.03. The molecule has 0 atom stereocenters. The van der Waals surface area contributed by atoms with Gasteiger partial charge in [0.15, 0.2) is 5.78 Å². The Hall–Kier alpha value is -1.88. The molecule has 1 aromatic carbocycles. The molecule has 1 amide bonds. The topological polar surface area (TPSA) is 58.6 Å². The van der Waals surface area contributed by atoms with Crippen LogP contribution in [0, 0.1) is 5.41 Å². The lowest BCUT2D eigenvalue weighted by molar-refractivity contribution is -0.132. The third kappa shape index (κ3) is 3.46. The number of carbonyl (C=O) groups is 2. The molecular weight excluding hydrogens is 304 g/mol. The summed E-state index contributed by atoms with van der Waals surface area (Å²) in [5.74, 6) is 0.789. The van der Waals surface area contributed by atoms with Crippen LogP contribution in [-0.2, 0) is 11.2 Å². The first-order valence-corrected chi connectivity index (χ1v) is 8.69. The van der Waals surface area contributed by atoms with Gasteiger partial charge in [0, 0.05) is 30.8 Å². The summed E-state index contributed by atoms with van der Waals surface area (Å²) in [5.41, 5.74) is 1.81. The molecule has 1 N–H and O–H groups in total. The van der Waals surface area contributed by atoms with Crippen LogP contribution in [0.25, 0.3) is 0 Å². The van der Waals surface area contributed by atoms with Crippen LogP contribution in [0.1, 0.15) is 42.1 Å². The van der Waals surface area contributed by atoms with Crippen molar-refractivity contribution in [3.8, 4) is 5.75 Å². The zero-order valence-electron chi connectivity index (χ0n) is 14.6. The van der Waals surface area contributed by atoms with Gasteiger partial charge in [-0.05, 0) is 56.3 Å². The number of methoxy groups -OCH3 is 1. The second-order valence-corrected chi connectivity index (χ2v) is 7.07. The third-order valence-electron chi connectivity index (χ3n) is 5.54. The van der Waals surface area contributed by atoms with Gasteiger partial charge >= 0.3 is 0 Å². The number of ether oxygens (including phenoxy) is 1. The monoisotopic (exact) mass is 330 g/mol. The second-order valence-electron chi connectivity index (χ2n) is 7.07. The van der Waals surface area contributed by atoms with Gasteiger partial charge in [0.25, 0.3) is 0 Å². The molecule has 2 aliphatic rings. The fourth-order valence-corrected chi connectivity index (χ4v) is 3.86. The molecule has 2 saturated heterocycles. The number of benzene rings is 1. The Morgan fingerprint density at radius 1 is 1.25 bits per heavy atom.